The highest BCUT2D eigenvalue weighted by Crippen LogP contribution is 2.14. The molecule has 0 fully saturated rings. The number of methoxy groups -OCH3 is 2. The minimum absolute atomic E-state index is 0.0353. The van der Waals surface area contributed by atoms with Gasteiger partial charge in [0.25, 0.3) is 0 Å². The highest BCUT2D eigenvalue weighted by Gasteiger charge is 2.31. The number of amides is 2. The third-order valence-electron chi connectivity index (χ3n) is 5.15. The van der Waals surface area contributed by atoms with E-state index in [2.05, 4.69) is 20.5 Å². The van der Waals surface area contributed by atoms with Gasteiger partial charge in [0.05, 0.1) is 25.5 Å². The molecule has 0 bridgehead atoms. The molecule has 2 aromatic carbocycles. The van der Waals surface area contributed by atoms with Crippen LogP contribution in [0.25, 0.3) is 0 Å². The van der Waals surface area contributed by atoms with Gasteiger partial charge in [-0.15, -0.1) is 0 Å². The van der Waals surface area contributed by atoms with E-state index in [1.165, 1.54) is 45.4 Å². The molecule has 0 saturated carbocycles. The number of oxime groups is 1. The first-order valence-corrected chi connectivity index (χ1v) is 11.4. The van der Waals surface area contributed by atoms with Gasteiger partial charge >= 0.3 is 18.0 Å². The summed E-state index contributed by atoms with van der Waals surface area (Å²) in [5.41, 5.74) is 1.21. The lowest BCUT2D eigenvalue weighted by Gasteiger charge is -2.24. The quantitative estimate of drug-likeness (QED) is 0.202. The second-order valence-corrected chi connectivity index (χ2v) is 8.23. The maximum Gasteiger partial charge on any atom is 0.408 e. The summed E-state index contributed by atoms with van der Waals surface area (Å²) in [5.74, 6) is -1.97. The first kappa shape index (κ1) is 28.8. The predicted molar refractivity (Wildman–Crippen MR) is 134 cm³/mol. The topological polar surface area (TPSA) is 142 Å². The van der Waals surface area contributed by atoms with Crippen LogP contribution in [0.2, 0.25) is 0 Å². The number of benzene rings is 2. The van der Waals surface area contributed by atoms with Gasteiger partial charge in [-0.2, -0.15) is 0 Å². The van der Waals surface area contributed by atoms with E-state index in [0.29, 0.717) is 5.56 Å². The van der Waals surface area contributed by atoms with Crippen molar-refractivity contribution < 1.29 is 38.2 Å². The van der Waals surface area contributed by atoms with Gasteiger partial charge in [-0.25, -0.2) is 14.4 Å². The summed E-state index contributed by atoms with van der Waals surface area (Å²) in [6.45, 7) is 4.97. The molecule has 0 radical (unpaired) electrons. The zero-order chi connectivity index (χ0) is 27.4. The molecule has 37 heavy (non-hydrogen) atoms. The molecule has 0 aliphatic carbocycles. The van der Waals surface area contributed by atoms with Crippen molar-refractivity contribution in [2.75, 3.05) is 14.2 Å². The molecule has 0 aliphatic heterocycles. The van der Waals surface area contributed by atoms with Crippen LogP contribution in [0.5, 0.6) is 5.75 Å². The van der Waals surface area contributed by atoms with E-state index in [4.69, 9.17) is 14.3 Å². The molecule has 0 saturated heterocycles. The maximum absolute atomic E-state index is 13.0. The summed E-state index contributed by atoms with van der Waals surface area (Å²) in [6.07, 6.45) is -0.781. The van der Waals surface area contributed by atoms with E-state index in [-0.39, 0.29) is 24.0 Å². The van der Waals surface area contributed by atoms with Gasteiger partial charge in [0.2, 0.25) is 5.91 Å². The SMILES string of the molecule is COC(=O)c1ccc(O/N=C(\C)[C@H](NC(=O)[C@@H](NC(=O)OCc2ccccc2)C(C)C)C(=O)OC)cc1. The first-order valence-electron chi connectivity index (χ1n) is 11.4. The van der Waals surface area contributed by atoms with Crippen LogP contribution in [0, 0.1) is 5.92 Å². The summed E-state index contributed by atoms with van der Waals surface area (Å²) < 4.78 is 14.6. The smallest absolute Gasteiger partial charge is 0.408 e. The summed E-state index contributed by atoms with van der Waals surface area (Å²) in [4.78, 5) is 54.6. The van der Waals surface area contributed by atoms with Gasteiger partial charge in [0.15, 0.2) is 11.8 Å². The van der Waals surface area contributed by atoms with Crippen LogP contribution in [0.1, 0.15) is 36.7 Å². The second kappa shape index (κ2) is 14.2. The zero-order valence-electron chi connectivity index (χ0n) is 21.3. The fourth-order valence-electron chi connectivity index (χ4n) is 3.06. The Bertz CT molecular complexity index is 1100. The minimum atomic E-state index is -1.28. The van der Waals surface area contributed by atoms with Crippen molar-refractivity contribution >= 4 is 29.7 Å². The Balaban J connectivity index is 2.06. The molecule has 0 heterocycles. The van der Waals surface area contributed by atoms with Crippen LogP contribution in [0.4, 0.5) is 4.79 Å². The monoisotopic (exact) mass is 513 g/mol. The standard InChI is InChI=1S/C26H31N3O8/c1-16(2)21(28-26(33)36-15-18-9-7-6-8-10-18)23(30)27-22(25(32)35-5)17(3)29-37-20-13-11-19(12-14-20)24(31)34-4/h6-14,16,21-22H,15H2,1-5H3,(H,27,30)(H,28,33)/b29-17+/t21-,22-/m0/s1. The fourth-order valence-corrected chi connectivity index (χ4v) is 3.06. The lowest BCUT2D eigenvalue weighted by molar-refractivity contribution is -0.143. The third-order valence-corrected chi connectivity index (χ3v) is 5.15. The number of carbonyl (C=O) groups is 4. The number of nitrogens with one attached hydrogen (secondary N) is 2. The van der Waals surface area contributed by atoms with Crippen molar-refractivity contribution in [2.45, 2.75) is 39.5 Å². The molecule has 0 aliphatic rings. The van der Waals surface area contributed by atoms with E-state index in [0.717, 1.165) is 5.56 Å². The van der Waals surface area contributed by atoms with Gasteiger partial charge in [-0.1, -0.05) is 49.3 Å². The Morgan fingerprint density at radius 2 is 1.54 bits per heavy atom. The van der Waals surface area contributed by atoms with Crippen molar-refractivity contribution in [1.82, 2.24) is 10.6 Å². The number of carbonyl (C=O) groups excluding carboxylic acids is 4. The van der Waals surface area contributed by atoms with Crippen LogP contribution in [-0.4, -0.2) is 56.0 Å². The van der Waals surface area contributed by atoms with Gasteiger partial charge in [0.1, 0.15) is 12.6 Å². The molecule has 11 nitrogen and oxygen atoms in total. The summed E-state index contributed by atoms with van der Waals surface area (Å²) in [7, 11) is 2.44. The van der Waals surface area contributed by atoms with Crippen LogP contribution in [0.3, 0.4) is 0 Å². The summed E-state index contributed by atoms with van der Waals surface area (Å²) >= 11 is 0. The number of hydrogen-bond donors (Lipinski definition) is 2. The Morgan fingerprint density at radius 1 is 0.892 bits per heavy atom. The average Bonchev–Trinajstić information content (AvgIpc) is 2.91. The molecule has 2 rings (SSSR count). The highest BCUT2D eigenvalue weighted by atomic mass is 16.6. The molecular weight excluding hydrogens is 482 g/mol. The Labute approximate surface area is 215 Å². The minimum Gasteiger partial charge on any atom is -0.467 e. The molecule has 2 N–H and O–H groups in total. The fraction of sp³-hybridized carbons (Fsp3) is 0.346. The van der Waals surface area contributed by atoms with Crippen molar-refractivity contribution in [2.24, 2.45) is 11.1 Å². The zero-order valence-corrected chi connectivity index (χ0v) is 21.3. The van der Waals surface area contributed by atoms with E-state index < -0.39 is 36.0 Å². The number of esters is 2. The summed E-state index contributed by atoms with van der Waals surface area (Å²) in [6, 6.07) is 12.8. The third kappa shape index (κ3) is 8.95. The van der Waals surface area contributed by atoms with Crippen molar-refractivity contribution in [1.29, 1.82) is 0 Å². The highest BCUT2D eigenvalue weighted by molar-refractivity contribution is 6.07. The average molecular weight is 514 g/mol. The molecule has 2 atom stereocenters. The van der Waals surface area contributed by atoms with Crippen LogP contribution < -0.4 is 15.5 Å². The molecule has 11 heteroatoms. The molecule has 198 valence electrons. The van der Waals surface area contributed by atoms with Crippen molar-refractivity contribution in [3.63, 3.8) is 0 Å². The van der Waals surface area contributed by atoms with Crippen LogP contribution in [-0.2, 0) is 30.4 Å². The lowest BCUT2D eigenvalue weighted by Crippen LogP contribution is -2.55. The number of hydrogen-bond acceptors (Lipinski definition) is 9. The van der Waals surface area contributed by atoms with E-state index in [9.17, 15) is 19.2 Å². The second-order valence-electron chi connectivity index (χ2n) is 8.23. The van der Waals surface area contributed by atoms with Crippen molar-refractivity contribution in [3.8, 4) is 5.75 Å². The molecule has 0 spiro atoms. The molecule has 0 aromatic heterocycles. The predicted octanol–water partition coefficient (Wildman–Crippen LogP) is 2.84. The van der Waals surface area contributed by atoms with Gasteiger partial charge in [-0.05, 0) is 42.7 Å². The Kier molecular flexibility index (Phi) is 11.1. The molecular formula is C26H31N3O8. The number of rotatable bonds is 11. The number of alkyl carbamates (subject to hydrolysis) is 1. The van der Waals surface area contributed by atoms with Gasteiger partial charge < -0.3 is 29.7 Å². The number of nitrogens with zero attached hydrogens (tertiary/aromatic N) is 1. The van der Waals surface area contributed by atoms with E-state index >= 15 is 0 Å². The van der Waals surface area contributed by atoms with Crippen LogP contribution in [0.15, 0.2) is 59.8 Å². The van der Waals surface area contributed by atoms with Gasteiger partial charge in [-0.3, -0.25) is 4.79 Å². The first-order chi connectivity index (χ1) is 17.7. The molecule has 2 amide bonds. The summed E-state index contributed by atoms with van der Waals surface area (Å²) in [5, 5.41) is 8.98. The lowest BCUT2D eigenvalue weighted by atomic mass is 10.0. The Hall–Kier alpha value is -4.41. The van der Waals surface area contributed by atoms with E-state index in [1.54, 1.807) is 26.0 Å². The maximum atomic E-state index is 13.0. The molecule has 2 aromatic rings. The Morgan fingerprint density at radius 3 is 2.11 bits per heavy atom. The molecule has 0 unspecified atom stereocenters. The van der Waals surface area contributed by atoms with Gasteiger partial charge in [0, 0.05) is 0 Å². The van der Waals surface area contributed by atoms with Crippen LogP contribution >= 0.6 is 0 Å². The van der Waals surface area contributed by atoms with E-state index in [1.807, 2.05) is 18.2 Å². The normalized spacial score (nSPS) is 12.6. The van der Waals surface area contributed by atoms with Crippen molar-refractivity contribution in [3.05, 3.63) is 65.7 Å². The largest absolute Gasteiger partial charge is 0.467 e. The number of ether oxygens (including phenoxy) is 3.